The molecule has 2 N–H and O–H groups in total. The van der Waals surface area contributed by atoms with Crippen molar-refractivity contribution >= 4 is 10.9 Å². The first-order valence-electron chi connectivity index (χ1n) is 6.01. The Hall–Kier alpha value is -1.28. The van der Waals surface area contributed by atoms with Crippen LogP contribution in [0, 0.1) is 6.92 Å². The Morgan fingerprint density at radius 2 is 2.12 bits per heavy atom. The third-order valence-corrected chi connectivity index (χ3v) is 3.29. The molecule has 86 valence electrons. The van der Waals surface area contributed by atoms with Gasteiger partial charge in [0.1, 0.15) is 0 Å². The number of para-hydroxylation sites is 1. The average molecular weight is 216 g/mol. The van der Waals surface area contributed by atoms with Crippen molar-refractivity contribution in [1.82, 2.24) is 10.3 Å². The molecule has 0 radical (unpaired) electrons. The van der Waals surface area contributed by atoms with Crippen LogP contribution in [-0.4, -0.2) is 18.6 Å². The predicted molar refractivity (Wildman–Crippen MR) is 70.0 cm³/mol. The second kappa shape index (κ2) is 4.71. The monoisotopic (exact) mass is 216 g/mol. The normalized spacial score (nSPS) is 11.2. The van der Waals surface area contributed by atoms with Gasteiger partial charge in [-0.2, -0.15) is 0 Å². The number of fused-ring (bicyclic) bond motifs is 1. The first kappa shape index (κ1) is 11.2. The van der Waals surface area contributed by atoms with Gasteiger partial charge in [0.2, 0.25) is 0 Å². The maximum absolute atomic E-state index is 3.58. The van der Waals surface area contributed by atoms with Crippen LogP contribution in [0.2, 0.25) is 0 Å². The molecular formula is C14H20N2. The molecule has 2 nitrogen and oxygen atoms in total. The maximum Gasteiger partial charge on any atom is 0.0491 e. The molecule has 0 saturated heterocycles. The summed E-state index contributed by atoms with van der Waals surface area (Å²) in [5.41, 5.74) is 5.51. The van der Waals surface area contributed by atoms with Gasteiger partial charge in [-0.3, -0.25) is 0 Å². The Morgan fingerprint density at radius 1 is 1.31 bits per heavy atom. The summed E-state index contributed by atoms with van der Waals surface area (Å²) in [5.74, 6) is 0. The van der Waals surface area contributed by atoms with E-state index in [1.165, 1.54) is 27.7 Å². The van der Waals surface area contributed by atoms with E-state index in [1.807, 2.05) is 7.05 Å². The molecule has 16 heavy (non-hydrogen) atoms. The summed E-state index contributed by atoms with van der Waals surface area (Å²) in [4.78, 5) is 3.58. The van der Waals surface area contributed by atoms with Crippen LogP contribution in [-0.2, 0) is 12.8 Å². The summed E-state index contributed by atoms with van der Waals surface area (Å²) in [6.07, 6.45) is 2.16. The third kappa shape index (κ3) is 1.85. The highest BCUT2D eigenvalue weighted by Crippen LogP contribution is 2.25. The van der Waals surface area contributed by atoms with Crippen LogP contribution >= 0.6 is 0 Å². The van der Waals surface area contributed by atoms with E-state index in [4.69, 9.17) is 0 Å². The van der Waals surface area contributed by atoms with Crippen LogP contribution in [0.3, 0.4) is 0 Å². The van der Waals surface area contributed by atoms with E-state index >= 15 is 0 Å². The van der Waals surface area contributed by atoms with Gasteiger partial charge in [0.05, 0.1) is 0 Å². The number of hydrogen-bond acceptors (Lipinski definition) is 1. The number of rotatable bonds is 4. The zero-order valence-electron chi connectivity index (χ0n) is 10.4. The van der Waals surface area contributed by atoms with Crippen molar-refractivity contribution in [2.45, 2.75) is 26.7 Å². The number of nitrogens with one attached hydrogen (secondary N) is 2. The lowest BCUT2D eigenvalue weighted by Crippen LogP contribution is -2.10. The number of aromatic amines is 1. The lowest BCUT2D eigenvalue weighted by molar-refractivity contribution is 0.778. The van der Waals surface area contributed by atoms with Crippen molar-refractivity contribution in [1.29, 1.82) is 0 Å². The van der Waals surface area contributed by atoms with Gasteiger partial charge in [0.25, 0.3) is 0 Å². The molecule has 0 bridgehead atoms. The maximum atomic E-state index is 3.58. The lowest BCUT2D eigenvalue weighted by atomic mass is 10.1. The average Bonchev–Trinajstić information content (AvgIpc) is 2.64. The highest BCUT2D eigenvalue weighted by atomic mass is 14.8. The molecular weight excluding hydrogens is 196 g/mol. The van der Waals surface area contributed by atoms with Gasteiger partial charge in [0.15, 0.2) is 0 Å². The van der Waals surface area contributed by atoms with Gasteiger partial charge in [0, 0.05) is 29.6 Å². The Morgan fingerprint density at radius 3 is 2.81 bits per heavy atom. The quantitative estimate of drug-likeness (QED) is 0.808. The van der Waals surface area contributed by atoms with E-state index in [-0.39, 0.29) is 0 Å². The molecule has 1 aromatic heterocycles. The first-order chi connectivity index (χ1) is 7.77. The lowest BCUT2D eigenvalue weighted by Gasteiger charge is -1.98. The van der Waals surface area contributed by atoms with Crippen molar-refractivity contribution in [2.75, 3.05) is 13.6 Å². The number of aromatic nitrogens is 1. The summed E-state index contributed by atoms with van der Waals surface area (Å²) in [6.45, 7) is 5.44. The summed E-state index contributed by atoms with van der Waals surface area (Å²) in [5, 5.41) is 4.58. The van der Waals surface area contributed by atoms with Gasteiger partial charge in [-0.1, -0.05) is 25.1 Å². The summed E-state index contributed by atoms with van der Waals surface area (Å²) in [6, 6.07) is 6.58. The molecule has 0 atom stereocenters. The van der Waals surface area contributed by atoms with Crippen molar-refractivity contribution in [2.24, 2.45) is 0 Å². The number of benzene rings is 1. The largest absolute Gasteiger partial charge is 0.358 e. The van der Waals surface area contributed by atoms with Crippen LogP contribution in [0.5, 0.6) is 0 Å². The molecule has 0 aliphatic rings. The van der Waals surface area contributed by atoms with E-state index in [9.17, 15) is 0 Å². The van der Waals surface area contributed by atoms with E-state index in [2.05, 4.69) is 42.3 Å². The molecule has 2 aromatic rings. The summed E-state index contributed by atoms with van der Waals surface area (Å²) in [7, 11) is 2.00. The second-order valence-corrected chi connectivity index (χ2v) is 4.28. The van der Waals surface area contributed by atoms with Crippen LogP contribution in [0.15, 0.2) is 18.2 Å². The second-order valence-electron chi connectivity index (χ2n) is 4.28. The molecule has 2 rings (SSSR count). The third-order valence-electron chi connectivity index (χ3n) is 3.29. The van der Waals surface area contributed by atoms with Gasteiger partial charge in [-0.15, -0.1) is 0 Å². The first-order valence-corrected chi connectivity index (χ1v) is 6.01. The number of H-pyrrole nitrogens is 1. The SMILES string of the molecule is CCc1cccc2c(C)c(CCNC)[nH]c12. The van der Waals surface area contributed by atoms with Gasteiger partial charge in [-0.05, 0) is 31.5 Å². The van der Waals surface area contributed by atoms with Gasteiger partial charge >= 0.3 is 0 Å². The minimum atomic E-state index is 1.02. The zero-order valence-corrected chi connectivity index (χ0v) is 10.4. The smallest absolute Gasteiger partial charge is 0.0491 e. The Balaban J connectivity index is 2.49. The molecule has 0 aliphatic heterocycles. The highest BCUT2D eigenvalue weighted by molar-refractivity contribution is 5.87. The number of hydrogen-bond donors (Lipinski definition) is 2. The van der Waals surface area contributed by atoms with Gasteiger partial charge < -0.3 is 10.3 Å². The molecule has 0 aliphatic carbocycles. The minimum Gasteiger partial charge on any atom is -0.358 e. The Labute approximate surface area is 97.1 Å². The minimum absolute atomic E-state index is 1.02. The highest BCUT2D eigenvalue weighted by Gasteiger charge is 2.08. The van der Waals surface area contributed by atoms with Crippen LogP contribution in [0.1, 0.15) is 23.7 Å². The molecule has 1 heterocycles. The summed E-state index contributed by atoms with van der Waals surface area (Å²) < 4.78 is 0. The van der Waals surface area contributed by atoms with Crippen LogP contribution in [0.4, 0.5) is 0 Å². The Bertz CT molecular complexity index is 483. The topological polar surface area (TPSA) is 27.8 Å². The van der Waals surface area contributed by atoms with Crippen molar-refractivity contribution in [3.05, 3.63) is 35.0 Å². The summed E-state index contributed by atoms with van der Waals surface area (Å²) >= 11 is 0. The van der Waals surface area contributed by atoms with Crippen molar-refractivity contribution in [3.8, 4) is 0 Å². The molecule has 0 unspecified atom stereocenters. The molecule has 0 saturated carbocycles. The predicted octanol–water partition coefficient (Wildman–Crippen LogP) is 2.80. The molecule has 0 fully saturated rings. The Kier molecular flexibility index (Phi) is 3.30. The molecule has 0 amide bonds. The molecule has 0 spiro atoms. The van der Waals surface area contributed by atoms with E-state index in [1.54, 1.807) is 0 Å². The number of aryl methyl sites for hydroxylation is 2. The van der Waals surface area contributed by atoms with Crippen molar-refractivity contribution in [3.63, 3.8) is 0 Å². The molecule has 2 heteroatoms. The fourth-order valence-corrected chi connectivity index (χ4v) is 2.26. The van der Waals surface area contributed by atoms with Crippen molar-refractivity contribution < 1.29 is 0 Å². The van der Waals surface area contributed by atoms with E-state index in [0.29, 0.717) is 0 Å². The van der Waals surface area contributed by atoms with E-state index < -0.39 is 0 Å². The number of likely N-dealkylation sites (N-methyl/N-ethyl adjacent to an activating group) is 1. The van der Waals surface area contributed by atoms with Gasteiger partial charge in [-0.25, -0.2) is 0 Å². The van der Waals surface area contributed by atoms with E-state index in [0.717, 1.165) is 19.4 Å². The standard InChI is InChI=1S/C14H20N2/c1-4-11-6-5-7-12-10(2)13(8-9-15-3)16-14(11)12/h5-7,15-16H,4,8-9H2,1-3H3. The fraction of sp³-hybridized carbons (Fsp3) is 0.429. The zero-order chi connectivity index (χ0) is 11.5. The van der Waals surface area contributed by atoms with Crippen LogP contribution in [0.25, 0.3) is 10.9 Å². The molecule has 1 aromatic carbocycles. The van der Waals surface area contributed by atoms with Crippen LogP contribution < -0.4 is 5.32 Å². The fourth-order valence-electron chi connectivity index (χ4n) is 2.26.